The molecule has 4 nitrogen and oxygen atoms in total. The molecule has 0 saturated carbocycles. The predicted molar refractivity (Wildman–Crippen MR) is 112 cm³/mol. The lowest BCUT2D eigenvalue weighted by Crippen LogP contribution is -2.23. The van der Waals surface area contributed by atoms with Gasteiger partial charge in [0, 0.05) is 0 Å². The molecule has 2 rings (SSSR count). The van der Waals surface area contributed by atoms with Crippen molar-refractivity contribution in [2.24, 2.45) is 0 Å². The van der Waals surface area contributed by atoms with Gasteiger partial charge in [0.05, 0.1) is 11.1 Å². The van der Waals surface area contributed by atoms with E-state index in [1.165, 1.54) is 0 Å². The largest absolute Gasteiger partial charge is 0.456 e. The smallest absolute Gasteiger partial charge is 0.338 e. The molecule has 4 heteroatoms. The molecule has 0 aliphatic heterocycles. The van der Waals surface area contributed by atoms with Crippen molar-refractivity contribution in [2.45, 2.75) is 52.7 Å². The molecule has 0 aliphatic carbocycles. The lowest BCUT2D eigenvalue weighted by molar-refractivity contribution is 0.00570. The molecule has 0 fully saturated rings. The van der Waals surface area contributed by atoms with Crippen LogP contribution in [0.2, 0.25) is 0 Å². The number of esters is 2. The summed E-state index contributed by atoms with van der Waals surface area (Å²) in [6, 6.07) is 14.5. The maximum absolute atomic E-state index is 12.0. The molecule has 2 aromatic rings. The number of carbonyl (C=O) groups excluding carboxylic acids is 2. The van der Waals surface area contributed by atoms with Gasteiger partial charge in [0.25, 0.3) is 0 Å². The van der Waals surface area contributed by atoms with Crippen LogP contribution in [0.1, 0.15) is 73.4 Å². The summed E-state index contributed by atoms with van der Waals surface area (Å²) in [4.78, 5) is 24.1. The minimum absolute atomic E-state index is 0.333. The molecule has 0 heterocycles. The van der Waals surface area contributed by atoms with Crippen LogP contribution in [0.15, 0.2) is 48.5 Å². The second kappa shape index (κ2) is 8.42. The number of hydrogen-bond donors (Lipinski definition) is 0. The SMILES string of the molecule is CC(C)(C)OC(=O)c1ccc(/C=C/c2ccc(C(=O)OC(C)(C)C)cc2)cc1. The second-order valence-corrected chi connectivity index (χ2v) is 8.58. The molecule has 28 heavy (non-hydrogen) atoms. The molecule has 0 spiro atoms. The van der Waals surface area contributed by atoms with E-state index in [1.807, 2.05) is 78.0 Å². The molecule has 2 aromatic carbocycles. The van der Waals surface area contributed by atoms with Crippen LogP contribution in [0, 0.1) is 0 Å². The highest BCUT2D eigenvalue weighted by Gasteiger charge is 2.18. The molecule has 0 radical (unpaired) electrons. The number of hydrogen-bond acceptors (Lipinski definition) is 4. The van der Waals surface area contributed by atoms with Gasteiger partial charge in [-0.2, -0.15) is 0 Å². The van der Waals surface area contributed by atoms with Crippen LogP contribution in [0.5, 0.6) is 0 Å². The lowest BCUT2D eigenvalue weighted by Gasteiger charge is -2.19. The Balaban J connectivity index is 2.02. The van der Waals surface area contributed by atoms with E-state index in [4.69, 9.17) is 9.47 Å². The van der Waals surface area contributed by atoms with E-state index in [9.17, 15) is 9.59 Å². The van der Waals surface area contributed by atoms with Gasteiger partial charge in [-0.05, 0) is 76.9 Å². The van der Waals surface area contributed by atoms with Crippen molar-refractivity contribution in [3.63, 3.8) is 0 Å². The Morgan fingerprint density at radius 1 is 0.607 bits per heavy atom. The van der Waals surface area contributed by atoms with E-state index in [2.05, 4.69) is 0 Å². The van der Waals surface area contributed by atoms with Crippen LogP contribution in [-0.4, -0.2) is 23.1 Å². The minimum atomic E-state index is -0.513. The molecule has 0 bridgehead atoms. The van der Waals surface area contributed by atoms with Crippen LogP contribution < -0.4 is 0 Å². The maximum atomic E-state index is 12.0. The monoisotopic (exact) mass is 380 g/mol. The van der Waals surface area contributed by atoms with Gasteiger partial charge in [0.1, 0.15) is 11.2 Å². The average molecular weight is 380 g/mol. The van der Waals surface area contributed by atoms with Crippen LogP contribution in [0.3, 0.4) is 0 Å². The Hall–Kier alpha value is -2.88. The van der Waals surface area contributed by atoms with Crippen molar-refractivity contribution in [1.82, 2.24) is 0 Å². The highest BCUT2D eigenvalue weighted by atomic mass is 16.6. The first-order chi connectivity index (χ1) is 12.9. The average Bonchev–Trinajstić information content (AvgIpc) is 2.58. The Morgan fingerprint density at radius 3 is 1.14 bits per heavy atom. The zero-order chi connectivity index (χ0) is 20.9. The first kappa shape index (κ1) is 21.4. The zero-order valence-electron chi connectivity index (χ0n) is 17.4. The van der Waals surface area contributed by atoms with E-state index in [1.54, 1.807) is 24.3 Å². The fourth-order valence-electron chi connectivity index (χ4n) is 2.33. The first-order valence-electron chi connectivity index (χ1n) is 9.28. The van der Waals surface area contributed by atoms with Crippen LogP contribution in [0.4, 0.5) is 0 Å². The van der Waals surface area contributed by atoms with Crippen molar-refractivity contribution in [3.8, 4) is 0 Å². The standard InChI is InChI=1S/C24H28O4/c1-23(2,3)27-21(25)19-13-9-17(10-14-19)7-8-18-11-15-20(16-12-18)22(26)28-24(4,5)6/h7-16H,1-6H3/b8-7+. The van der Waals surface area contributed by atoms with Crippen LogP contribution >= 0.6 is 0 Å². The van der Waals surface area contributed by atoms with Gasteiger partial charge in [-0.3, -0.25) is 0 Å². The molecular weight excluding hydrogens is 352 g/mol. The minimum Gasteiger partial charge on any atom is -0.456 e. The van der Waals surface area contributed by atoms with Gasteiger partial charge in [0.15, 0.2) is 0 Å². The number of benzene rings is 2. The van der Waals surface area contributed by atoms with Gasteiger partial charge in [-0.15, -0.1) is 0 Å². The number of ether oxygens (including phenoxy) is 2. The summed E-state index contributed by atoms with van der Waals surface area (Å²) in [5.74, 6) is -0.665. The Labute approximate surface area is 167 Å². The molecular formula is C24H28O4. The zero-order valence-corrected chi connectivity index (χ0v) is 17.4. The van der Waals surface area contributed by atoms with Crippen molar-refractivity contribution in [3.05, 3.63) is 70.8 Å². The molecule has 148 valence electrons. The normalized spacial score (nSPS) is 12.1. The van der Waals surface area contributed by atoms with Crippen LogP contribution in [-0.2, 0) is 9.47 Å². The highest BCUT2D eigenvalue weighted by Crippen LogP contribution is 2.16. The summed E-state index contributed by atoms with van der Waals surface area (Å²) in [6.07, 6.45) is 3.89. The third-order valence-corrected chi connectivity index (χ3v) is 3.56. The Bertz CT molecular complexity index is 772. The second-order valence-electron chi connectivity index (χ2n) is 8.58. The highest BCUT2D eigenvalue weighted by molar-refractivity contribution is 5.91. The third-order valence-electron chi connectivity index (χ3n) is 3.56. The number of rotatable bonds is 4. The van der Waals surface area contributed by atoms with Gasteiger partial charge < -0.3 is 9.47 Å². The summed E-state index contributed by atoms with van der Waals surface area (Å²) in [7, 11) is 0. The molecule has 0 amide bonds. The van der Waals surface area contributed by atoms with E-state index in [0.29, 0.717) is 11.1 Å². The Morgan fingerprint density at radius 2 is 0.893 bits per heavy atom. The molecule has 0 aliphatic rings. The van der Waals surface area contributed by atoms with Crippen molar-refractivity contribution >= 4 is 24.1 Å². The van der Waals surface area contributed by atoms with E-state index >= 15 is 0 Å². The van der Waals surface area contributed by atoms with E-state index in [-0.39, 0.29) is 11.9 Å². The molecule has 0 saturated heterocycles. The lowest BCUT2D eigenvalue weighted by atomic mass is 10.1. The third kappa shape index (κ3) is 7.03. The van der Waals surface area contributed by atoms with Crippen molar-refractivity contribution in [1.29, 1.82) is 0 Å². The topological polar surface area (TPSA) is 52.6 Å². The van der Waals surface area contributed by atoms with Gasteiger partial charge >= 0.3 is 11.9 Å². The number of carbonyl (C=O) groups is 2. The summed E-state index contributed by atoms with van der Waals surface area (Å²) < 4.78 is 10.7. The molecule has 0 atom stereocenters. The van der Waals surface area contributed by atoms with Crippen molar-refractivity contribution < 1.29 is 19.1 Å². The molecule has 0 unspecified atom stereocenters. The summed E-state index contributed by atoms with van der Waals surface area (Å²) in [5.41, 5.74) is 1.94. The van der Waals surface area contributed by atoms with E-state index < -0.39 is 11.2 Å². The molecule has 0 N–H and O–H groups in total. The fourth-order valence-corrected chi connectivity index (χ4v) is 2.33. The van der Waals surface area contributed by atoms with Gasteiger partial charge in [-0.1, -0.05) is 36.4 Å². The summed E-state index contributed by atoms with van der Waals surface area (Å²) in [6.45, 7) is 11.1. The maximum Gasteiger partial charge on any atom is 0.338 e. The summed E-state index contributed by atoms with van der Waals surface area (Å²) >= 11 is 0. The van der Waals surface area contributed by atoms with E-state index in [0.717, 1.165) is 11.1 Å². The molecule has 0 aromatic heterocycles. The quantitative estimate of drug-likeness (QED) is 0.499. The first-order valence-corrected chi connectivity index (χ1v) is 9.28. The van der Waals surface area contributed by atoms with Crippen molar-refractivity contribution in [2.75, 3.05) is 0 Å². The van der Waals surface area contributed by atoms with Gasteiger partial charge in [-0.25, -0.2) is 9.59 Å². The van der Waals surface area contributed by atoms with Gasteiger partial charge in [0.2, 0.25) is 0 Å². The summed E-state index contributed by atoms with van der Waals surface area (Å²) in [5, 5.41) is 0. The fraction of sp³-hybridized carbons (Fsp3) is 0.333. The predicted octanol–water partition coefficient (Wildman–Crippen LogP) is 5.77. The Kier molecular flexibility index (Phi) is 6.45. The van der Waals surface area contributed by atoms with Crippen LogP contribution in [0.25, 0.3) is 12.2 Å².